The summed E-state index contributed by atoms with van der Waals surface area (Å²) in [6.45, 7) is 4.37. The van der Waals surface area contributed by atoms with Gasteiger partial charge in [0.25, 0.3) is 5.91 Å². The Morgan fingerprint density at radius 1 is 1.19 bits per heavy atom. The summed E-state index contributed by atoms with van der Waals surface area (Å²) in [4.78, 5) is 11.7. The molecule has 16 heavy (non-hydrogen) atoms. The number of hydrogen-bond acceptors (Lipinski definition) is 2. The van der Waals surface area contributed by atoms with Crippen molar-refractivity contribution in [3.63, 3.8) is 0 Å². The van der Waals surface area contributed by atoms with Gasteiger partial charge < -0.3 is 10.6 Å². The summed E-state index contributed by atoms with van der Waals surface area (Å²) in [6.07, 6.45) is 0. The number of halogens is 2. The predicted octanol–water partition coefficient (Wildman–Crippen LogP) is 2.55. The van der Waals surface area contributed by atoms with Crippen molar-refractivity contribution in [2.45, 2.75) is 6.92 Å². The highest BCUT2D eigenvalue weighted by molar-refractivity contribution is 9.11. The standard InChI is InChI=1S/C11H14Br2N2O/c1-2-14-3-4-15-11(16)8-5-9(12)7-10(13)6-8/h5-7,14H,2-4H2,1H3,(H,15,16). The summed E-state index contributed by atoms with van der Waals surface area (Å²) in [7, 11) is 0. The Hall–Kier alpha value is -0.390. The van der Waals surface area contributed by atoms with Gasteiger partial charge >= 0.3 is 0 Å². The van der Waals surface area contributed by atoms with E-state index in [4.69, 9.17) is 0 Å². The first-order chi connectivity index (χ1) is 7.63. The highest BCUT2D eigenvalue weighted by Gasteiger charge is 2.06. The molecule has 1 amide bonds. The zero-order chi connectivity index (χ0) is 12.0. The Morgan fingerprint density at radius 3 is 2.38 bits per heavy atom. The molecule has 0 unspecified atom stereocenters. The van der Waals surface area contributed by atoms with Gasteiger partial charge in [0, 0.05) is 27.6 Å². The van der Waals surface area contributed by atoms with Crippen LogP contribution >= 0.6 is 31.9 Å². The lowest BCUT2D eigenvalue weighted by molar-refractivity contribution is 0.0954. The molecule has 2 N–H and O–H groups in total. The van der Waals surface area contributed by atoms with Crippen molar-refractivity contribution in [2.24, 2.45) is 0 Å². The lowest BCUT2D eigenvalue weighted by Gasteiger charge is -2.06. The quantitative estimate of drug-likeness (QED) is 0.802. The van der Waals surface area contributed by atoms with E-state index in [9.17, 15) is 4.79 Å². The van der Waals surface area contributed by atoms with E-state index in [1.165, 1.54) is 0 Å². The van der Waals surface area contributed by atoms with Crippen LogP contribution in [0, 0.1) is 0 Å². The highest BCUT2D eigenvalue weighted by Crippen LogP contribution is 2.19. The van der Waals surface area contributed by atoms with Crippen LogP contribution in [0.3, 0.4) is 0 Å². The fraction of sp³-hybridized carbons (Fsp3) is 0.364. The van der Waals surface area contributed by atoms with E-state index in [-0.39, 0.29) is 5.91 Å². The minimum absolute atomic E-state index is 0.0556. The van der Waals surface area contributed by atoms with Crippen molar-refractivity contribution in [1.29, 1.82) is 0 Å². The third-order valence-corrected chi connectivity index (χ3v) is 2.88. The largest absolute Gasteiger partial charge is 0.351 e. The minimum Gasteiger partial charge on any atom is -0.351 e. The number of benzene rings is 1. The smallest absolute Gasteiger partial charge is 0.251 e. The summed E-state index contributed by atoms with van der Waals surface area (Å²) < 4.78 is 1.78. The Morgan fingerprint density at radius 2 is 1.81 bits per heavy atom. The second kappa shape index (κ2) is 7.04. The van der Waals surface area contributed by atoms with Gasteiger partial charge in [0.2, 0.25) is 0 Å². The molecule has 0 spiro atoms. The molecule has 0 radical (unpaired) electrons. The van der Waals surface area contributed by atoms with Crippen molar-refractivity contribution >= 4 is 37.8 Å². The van der Waals surface area contributed by atoms with Gasteiger partial charge in [0.15, 0.2) is 0 Å². The van der Waals surface area contributed by atoms with E-state index >= 15 is 0 Å². The van der Waals surface area contributed by atoms with Crippen LogP contribution in [0.5, 0.6) is 0 Å². The minimum atomic E-state index is -0.0556. The normalized spacial score (nSPS) is 10.2. The molecule has 3 nitrogen and oxygen atoms in total. The van der Waals surface area contributed by atoms with Crippen molar-refractivity contribution < 1.29 is 4.79 Å². The first-order valence-electron chi connectivity index (χ1n) is 5.08. The summed E-state index contributed by atoms with van der Waals surface area (Å²) in [5, 5.41) is 5.99. The van der Waals surface area contributed by atoms with Crippen LogP contribution in [0.25, 0.3) is 0 Å². The van der Waals surface area contributed by atoms with E-state index in [2.05, 4.69) is 42.5 Å². The number of hydrogen-bond donors (Lipinski definition) is 2. The van der Waals surface area contributed by atoms with E-state index < -0.39 is 0 Å². The molecular weight excluding hydrogens is 336 g/mol. The van der Waals surface area contributed by atoms with Gasteiger partial charge in [-0.05, 0) is 24.7 Å². The van der Waals surface area contributed by atoms with Crippen molar-refractivity contribution in [3.8, 4) is 0 Å². The molecule has 0 atom stereocenters. The van der Waals surface area contributed by atoms with Crippen LogP contribution in [-0.2, 0) is 0 Å². The second-order valence-corrected chi connectivity index (χ2v) is 5.10. The molecule has 5 heteroatoms. The van der Waals surface area contributed by atoms with Crippen LogP contribution < -0.4 is 10.6 Å². The van der Waals surface area contributed by atoms with E-state index in [0.717, 1.165) is 22.0 Å². The molecule has 1 aromatic carbocycles. The average Bonchev–Trinajstić information content (AvgIpc) is 2.22. The molecule has 0 bridgehead atoms. The SMILES string of the molecule is CCNCCNC(=O)c1cc(Br)cc(Br)c1. The molecule has 88 valence electrons. The molecule has 0 aliphatic heterocycles. The molecule has 0 saturated heterocycles. The fourth-order valence-electron chi connectivity index (χ4n) is 1.23. The van der Waals surface area contributed by atoms with Crippen LogP contribution in [-0.4, -0.2) is 25.5 Å². The molecule has 1 rings (SSSR count). The number of carbonyl (C=O) groups excluding carboxylic acids is 1. The van der Waals surface area contributed by atoms with Gasteiger partial charge in [-0.3, -0.25) is 4.79 Å². The summed E-state index contributed by atoms with van der Waals surface area (Å²) >= 11 is 6.70. The van der Waals surface area contributed by atoms with Crippen molar-refractivity contribution in [3.05, 3.63) is 32.7 Å². The van der Waals surface area contributed by atoms with Crippen molar-refractivity contribution in [2.75, 3.05) is 19.6 Å². The number of rotatable bonds is 5. The van der Waals surface area contributed by atoms with Gasteiger partial charge in [-0.15, -0.1) is 0 Å². The van der Waals surface area contributed by atoms with Gasteiger partial charge in [-0.1, -0.05) is 38.8 Å². The van der Waals surface area contributed by atoms with Gasteiger partial charge in [0.05, 0.1) is 0 Å². The molecule has 0 heterocycles. The number of amides is 1. The Kier molecular flexibility index (Phi) is 6.01. The molecule has 0 aromatic heterocycles. The third-order valence-electron chi connectivity index (χ3n) is 1.96. The number of nitrogens with one attached hydrogen (secondary N) is 2. The maximum atomic E-state index is 11.7. The molecule has 1 aromatic rings. The molecule has 0 saturated carbocycles. The maximum Gasteiger partial charge on any atom is 0.251 e. The third kappa shape index (κ3) is 4.63. The summed E-state index contributed by atoms with van der Waals surface area (Å²) in [6, 6.07) is 5.50. The van der Waals surface area contributed by atoms with E-state index in [0.29, 0.717) is 12.1 Å². The lowest BCUT2D eigenvalue weighted by atomic mass is 10.2. The molecule has 0 aliphatic carbocycles. The number of likely N-dealkylation sites (N-methyl/N-ethyl adjacent to an activating group) is 1. The Labute approximate surface area is 112 Å². The van der Waals surface area contributed by atoms with Gasteiger partial charge in [-0.25, -0.2) is 0 Å². The molecule has 0 fully saturated rings. The van der Waals surface area contributed by atoms with Gasteiger partial charge in [0.1, 0.15) is 0 Å². The van der Waals surface area contributed by atoms with E-state index in [1.54, 1.807) is 12.1 Å². The first-order valence-corrected chi connectivity index (χ1v) is 6.67. The van der Waals surface area contributed by atoms with Gasteiger partial charge in [-0.2, -0.15) is 0 Å². The van der Waals surface area contributed by atoms with Crippen molar-refractivity contribution in [1.82, 2.24) is 10.6 Å². The topological polar surface area (TPSA) is 41.1 Å². The first kappa shape index (κ1) is 13.7. The summed E-state index contributed by atoms with van der Waals surface area (Å²) in [5.41, 5.74) is 0.651. The second-order valence-electron chi connectivity index (χ2n) is 3.27. The lowest BCUT2D eigenvalue weighted by Crippen LogP contribution is -2.31. The van der Waals surface area contributed by atoms with Crippen LogP contribution in [0.15, 0.2) is 27.1 Å². The number of carbonyl (C=O) groups is 1. The predicted molar refractivity (Wildman–Crippen MR) is 72.7 cm³/mol. The monoisotopic (exact) mass is 348 g/mol. The van der Waals surface area contributed by atoms with Crippen LogP contribution in [0.4, 0.5) is 0 Å². The molecule has 0 aliphatic rings. The zero-order valence-corrected chi connectivity index (χ0v) is 12.2. The Bertz CT molecular complexity index is 349. The zero-order valence-electron chi connectivity index (χ0n) is 9.02. The van der Waals surface area contributed by atoms with Crippen LogP contribution in [0.1, 0.15) is 17.3 Å². The fourth-order valence-corrected chi connectivity index (χ4v) is 2.52. The summed E-state index contributed by atoms with van der Waals surface area (Å²) in [5.74, 6) is -0.0556. The average molecular weight is 350 g/mol. The Balaban J connectivity index is 2.52. The highest BCUT2D eigenvalue weighted by atomic mass is 79.9. The van der Waals surface area contributed by atoms with E-state index in [1.807, 2.05) is 13.0 Å². The maximum absolute atomic E-state index is 11.7. The molecular formula is C11H14Br2N2O. The van der Waals surface area contributed by atoms with Crippen LogP contribution in [0.2, 0.25) is 0 Å².